The number of carbonyl (C=O) groups is 1. The Bertz CT molecular complexity index is 981. The minimum absolute atomic E-state index is 0.211. The SMILES string of the molecule is CC[C@@H]1CCc2nc3sc(C(=O)Nc4ccc(Cl)cc4)c(N)c3cc2C1. The Kier molecular flexibility index (Phi) is 4.59. The minimum atomic E-state index is -0.211. The average Bonchev–Trinajstić information content (AvgIpc) is 2.97. The monoisotopic (exact) mass is 385 g/mol. The summed E-state index contributed by atoms with van der Waals surface area (Å²) in [5.41, 5.74) is 9.96. The summed E-state index contributed by atoms with van der Waals surface area (Å²) < 4.78 is 0. The second-order valence-corrected chi connectivity index (χ2v) is 8.21. The van der Waals surface area contributed by atoms with Crippen molar-refractivity contribution in [2.24, 2.45) is 5.92 Å². The number of hydrogen-bond acceptors (Lipinski definition) is 4. The van der Waals surface area contributed by atoms with E-state index in [0.717, 1.165) is 28.8 Å². The Morgan fingerprint density at radius 1 is 1.38 bits per heavy atom. The van der Waals surface area contributed by atoms with Gasteiger partial charge >= 0.3 is 0 Å². The maximum atomic E-state index is 12.7. The summed E-state index contributed by atoms with van der Waals surface area (Å²) in [6.45, 7) is 2.24. The van der Waals surface area contributed by atoms with E-state index in [-0.39, 0.29) is 5.91 Å². The van der Waals surface area contributed by atoms with Gasteiger partial charge in [0, 0.05) is 21.8 Å². The fourth-order valence-electron chi connectivity index (χ4n) is 3.50. The Balaban J connectivity index is 1.67. The van der Waals surface area contributed by atoms with Gasteiger partial charge in [0.15, 0.2) is 0 Å². The summed E-state index contributed by atoms with van der Waals surface area (Å²) in [7, 11) is 0. The van der Waals surface area contributed by atoms with Gasteiger partial charge in [-0.2, -0.15) is 0 Å². The van der Waals surface area contributed by atoms with Gasteiger partial charge in [-0.25, -0.2) is 4.98 Å². The maximum absolute atomic E-state index is 12.7. The number of carbonyl (C=O) groups excluding carboxylic acids is 1. The average molecular weight is 386 g/mol. The molecule has 1 aliphatic carbocycles. The second kappa shape index (κ2) is 6.89. The van der Waals surface area contributed by atoms with Gasteiger partial charge in [-0.15, -0.1) is 11.3 Å². The molecule has 3 N–H and O–H groups in total. The van der Waals surface area contributed by atoms with Crippen molar-refractivity contribution < 1.29 is 4.79 Å². The number of benzene rings is 1. The molecule has 1 aliphatic rings. The van der Waals surface area contributed by atoms with Crippen LogP contribution in [-0.4, -0.2) is 10.9 Å². The van der Waals surface area contributed by atoms with E-state index in [9.17, 15) is 4.79 Å². The number of halogens is 1. The number of amides is 1. The van der Waals surface area contributed by atoms with E-state index in [1.807, 2.05) is 0 Å². The van der Waals surface area contributed by atoms with E-state index >= 15 is 0 Å². The number of nitrogens with zero attached hydrogens (tertiary/aromatic N) is 1. The normalized spacial score (nSPS) is 16.5. The highest BCUT2D eigenvalue weighted by Crippen LogP contribution is 2.37. The maximum Gasteiger partial charge on any atom is 0.267 e. The molecular weight excluding hydrogens is 366 g/mol. The number of nitrogen functional groups attached to an aromatic ring is 1. The molecule has 1 atom stereocenters. The lowest BCUT2D eigenvalue weighted by Gasteiger charge is -2.22. The van der Waals surface area contributed by atoms with Crippen molar-refractivity contribution in [3.63, 3.8) is 0 Å². The molecule has 134 valence electrons. The van der Waals surface area contributed by atoms with Crippen LogP contribution in [0, 0.1) is 5.92 Å². The van der Waals surface area contributed by atoms with Crippen molar-refractivity contribution in [3.05, 3.63) is 51.5 Å². The fraction of sp³-hybridized carbons (Fsp3) is 0.300. The van der Waals surface area contributed by atoms with Gasteiger partial charge in [0.2, 0.25) is 0 Å². The molecule has 0 saturated carbocycles. The molecule has 2 heterocycles. The zero-order valence-corrected chi connectivity index (χ0v) is 16.1. The molecule has 0 fully saturated rings. The number of nitrogens with one attached hydrogen (secondary N) is 1. The summed E-state index contributed by atoms with van der Waals surface area (Å²) in [5.74, 6) is 0.506. The first-order chi connectivity index (χ1) is 12.5. The van der Waals surface area contributed by atoms with Crippen LogP contribution in [0.2, 0.25) is 5.02 Å². The van der Waals surface area contributed by atoms with Crippen LogP contribution in [-0.2, 0) is 12.8 Å². The van der Waals surface area contributed by atoms with Crippen LogP contribution < -0.4 is 11.1 Å². The highest BCUT2D eigenvalue weighted by molar-refractivity contribution is 7.21. The standard InChI is InChI=1S/C20H20ClN3OS/c1-2-11-3-8-16-12(9-11)10-15-17(22)18(26-20(15)24-16)19(25)23-14-6-4-13(21)5-7-14/h4-7,10-11H,2-3,8-9,22H2,1H3,(H,23,25)/t11-/m1/s1. The topological polar surface area (TPSA) is 68.0 Å². The quantitative estimate of drug-likeness (QED) is 0.642. The summed E-state index contributed by atoms with van der Waals surface area (Å²) in [4.78, 5) is 18.8. The van der Waals surface area contributed by atoms with Gasteiger partial charge in [-0.1, -0.05) is 24.9 Å². The number of fused-ring (bicyclic) bond motifs is 2. The van der Waals surface area contributed by atoms with E-state index in [4.69, 9.17) is 22.3 Å². The van der Waals surface area contributed by atoms with Crippen LogP contribution in [0.15, 0.2) is 30.3 Å². The highest BCUT2D eigenvalue weighted by atomic mass is 35.5. The van der Waals surface area contributed by atoms with Crippen LogP contribution in [0.25, 0.3) is 10.2 Å². The summed E-state index contributed by atoms with van der Waals surface area (Å²) in [6, 6.07) is 9.16. The molecule has 4 rings (SSSR count). The summed E-state index contributed by atoms with van der Waals surface area (Å²) in [6.07, 6.45) is 4.43. The first-order valence-corrected chi connectivity index (χ1v) is 10.0. The molecule has 0 bridgehead atoms. The van der Waals surface area contributed by atoms with Crippen LogP contribution in [0.5, 0.6) is 0 Å². The molecule has 3 aromatic rings. The van der Waals surface area contributed by atoms with E-state index < -0.39 is 0 Å². The Morgan fingerprint density at radius 2 is 2.15 bits per heavy atom. The third-order valence-corrected chi connectivity index (χ3v) is 6.44. The molecule has 2 aromatic heterocycles. The molecule has 1 amide bonds. The number of nitrogens with two attached hydrogens (primary N) is 1. The van der Waals surface area contributed by atoms with Crippen molar-refractivity contribution in [3.8, 4) is 0 Å². The highest BCUT2D eigenvalue weighted by Gasteiger charge is 2.23. The predicted octanol–water partition coefficient (Wildman–Crippen LogP) is 5.30. The van der Waals surface area contributed by atoms with E-state index in [1.165, 1.54) is 29.7 Å². The van der Waals surface area contributed by atoms with Gasteiger partial charge < -0.3 is 11.1 Å². The molecule has 6 heteroatoms. The summed E-state index contributed by atoms with van der Waals surface area (Å²) >= 11 is 7.25. The third-order valence-electron chi connectivity index (χ3n) is 5.07. The zero-order valence-electron chi connectivity index (χ0n) is 14.5. The molecule has 0 saturated heterocycles. The van der Waals surface area contributed by atoms with Crippen molar-refractivity contribution in [2.75, 3.05) is 11.1 Å². The van der Waals surface area contributed by atoms with E-state index in [0.29, 0.717) is 27.2 Å². The lowest BCUT2D eigenvalue weighted by atomic mass is 9.85. The Morgan fingerprint density at radius 3 is 2.88 bits per heavy atom. The predicted molar refractivity (Wildman–Crippen MR) is 109 cm³/mol. The lowest BCUT2D eigenvalue weighted by molar-refractivity contribution is 0.103. The van der Waals surface area contributed by atoms with Crippen molar-refractivity contribution in [2.45, 2.75) is 32.6 Å². The number of aryl methyl sites for hydroxylation is 1. The molecular formula is C20H20ClN3OS. The number of rotatable bonds is 3. The molecule has 0 unspecified atom stereocenters. The van der Waals surface area contributed by atoms with Crippen LogP contribution in [0.1, 0.15) is 40.7 Å². The van der Waals surface area contributed by atoms with Crippen LogP contribution in [0.3, 0.4) is 0 Å². The molecule has 0 radical (unpaired) electrons. The molecule has 26 heavy (non-hydrogen) atoms. The number of hydrogen-bond donors (Lipinski definition) is 2. The number of aromatic nitrogens is 1. The third kappa shape index (κ3) is 3.17. The van der Waals surface area contributed by atoms with Crippen molar-refractivity contribution in [1.29, 1.82) is 0 Å². The van der Waals surface area contributed by atoms with Gasteiger partial charge in [-0.3, -0.25) is 4.79 Å². The molecule has 0 spiro atoms. The zero-order chi connectivity index (χ0) is 18.3. The number of thiophene rings is 1. The van der Waals surface area contributed by atoms with Crippen LogP contribution >= 0.6 is 22.9 Å². The van der Waals surface area contributed by atoms with E-state index in [2.05, 4.69) is 18.3 Å². The summed E-state index contributed by atoms with van der Waals surface area (Å²) in [5, 5.41) is 4.40. The van der Waals surface area contributed by atoms with Gasteiger partial charge in [0.1, 0.15) is 9.71 Å². The number of anilines is 2. The van der Waals surface area contributed by atoms with Gasteiger partial charge in [-0.05, 0) is 61.1 Å². The van der Waals surface area contributed by atoms with Crippen LogP contribution in [0.4, 0.5) is 11.4 Å². The Labute approximate surface area is 161 Å². The van der Waals surface area contributed by atoms with E-state index in [1.54, 1.807) is 24.3 Å². The van der Waals surface area contributed by atoms with Crippen molar-refractivity contribution in [1.82, 2.24) is 4.98 Å². The van der Waals surface area contributed by atoms with Gasteiger partial charge in [0.05, 0.1) is 5.69 Å². The fourth-order valence-corrected chi connectivity index (χ4v) is 4.62. The lowest BCUT2D eigenvalue weighted by Crippen LogP contribution is -2.14. The second-order valence-electron chi connectivity index (χ2n) is 6.77. The molecule has 0 aliphatic heterocycles. The first-order valence-electron chi connectivity index (χ1n) is 8.82. The molecule has 4 nitrogen and oxygen atoms in total. The largest absolute Gasteiger partial charge is 0.397 e. The van der Waals surface area contributed by atoms with Gasteiger partial charge in [0.25, 0.3) is 5.91 Å². The first kappa shape index (κ1) is 17.3. The van der Waals surface area contributed by atoms with Crippen molar-refractivity contribution >= 4 is 50.4 Å². The number of pyridine rings is 1. The smallest absolute Gasteiger partial charge is 0.267 e. The minimum Gasteiger partial charge on any atom is -0.397 e. The Hall–Kier alpha value is -2.11. The molecule has 1 aromatic carbocycles.